The van der Waals surface area contributed by atoms with Gasteiger partial charge in [-0.05, 0) is 31.5 Å². The molecule has 2 atom stereocenters. The van der Waals surface area contributed by atoms with Crippen molar-refractivity contribution in [2.75, 3.05) is 13.7 Å². The van der Waals surface area contributed by atoms with Crippen LogP contribution in [-0.4, -0.2) is 30.5 Å². The third-order valence-electron chi connectivity index (χ3n) is 3.46. The lowest BCUT2D eigenvalue weighted by Crippen LogP contribution is -2.41. The van der Waals surface area contributed by atoms with Crippen LogP contribution < -0.4 is 10.5 Å². The Bertz CT molecular complexity index is 463. The zero-order chi connectivity index (χ0) is 15.3. The number of rotatable bonds is 6. The number of ether oxygens (including phenoxy) is 1. The molecule has 1 amide bonds. The number of methoxy groups -OCH3 is 1. The fourth-order valence-electron chi connectivity index (χ4n) is 1.89. The van der Waals surface area contributed by atoms with Crippen LogP contribution in [0.2, 0.25) is 0 Å². The van der Waals surface area contributed by atoms with Crippen LogP contribution in [0.5, 0.6) is 5.75 Å². The Balaban J connectivity index is 2.83. The Morgan fingerprint density at radius 2 is 2.10 bits per heavy atom. The van der Waals surface area contributed by atoms with Gasteiger partial charge in [0.25, 0.3) is 0 Å². The summed E-state index contributed by atoms with van der Waals surface area (Å²) in [7, 11) is 1.42. The predicted molar refractivity (Wildman–Crippen MR) is 76.9 cm³/mol. The molecule has 0 spiro atoms. The number of hydrogen-bond acceptors (Lipinski definition) is 3. The molecule has 2 N–H and O–H groups in total. The number of carbonyl (C=O) groups excluding carboxylic acids is 1. The van der Waals surface area contributed by atoms with Crippen molar-refractivity contribution in [3.63, 3.8) is 0 Å². The van der Waals surface area contributed by atoms with Gasteiger partial charge in [0.2, 0.25) is 5.91 Å². The number of amides is 1. The molecular weight excluding hydrogens is 259 g/mol. The van der Waals surface area contributed by atoms with E-state index in [1.54, 1.807) is 17.0 Å². The summed E-state index contributed by atoms with van der Waals surface area (Å²) in [5, 5.41) is 0. The maximum atomic E-state index is 13.6. The number of nitrogens with two attached hydrogens (primary N) is 1. The molecule has 1 aromatic carbocycles. The maximum Gasteiger partial charge on any atom is 0.227 e. The van der Waals surface area contributed by atoms with Gasteiger partial charge in [0.15, 0.2) is 11.6 Å². The first kappa shape index (κ1) is 16.4. The standard InChI is InChI=1S/C15H23FN2O2/c1-5-18(15(19)10(2)11(3)17)9-12-6-7-14(20-4)13(16)8-12/h6-8,10-11H,5,9,17H2,1-4H3. The van der Waals surface area contributed by atoms with Gasteiger partial charge in [0, 0.05) is 19.1 Å². The minimum Gasteiger partial charge on any atom is -0.494 e. The second kappa shape index (κ2) is 7.24. The third kappa shape index (κ3) is 3.93. The number of carbonyl (C=O) groups is 1. The van der Waals surface area contributed by atoms with Gasteiger partial charge in [-0.1, -0.05) is 13.0 Å². The van der Waals surface area contributed by atoms with Crippen molar-refractivity contribution in [1.82, 2.24) is 4.90 Å². The summed E-state index contributed by atoms with van der Waals surface area (Å²) in [6.07, 6.45) is 0. The van der Waals surface area contributed by atoms with Gasteiger partial charge in [-0.15, -0.1) is 0 Å². The summed E-state index contributed by atoms with van der Waals surface area (Å²) in [5.41, 5.74) is 6.49. The van der Waals surface area contributed by atoms with E-state index in [9.17, 15) is 9.18 Å². The molecule has 0 aromatic heterocycles. The lowest BCUT2D eigenvalue weighted by molar-refractivity contribution is -0.135. The van der Waals surface area contributed by atoms with Crippen LogP contribution in [0.1, 0.15) is 26.3 Å². The molecule has 2 unspecified atom stereocenters. The number of hydrogen-bond donors (Lipinski definition) is 1. The van der Waals surface area contributed by atoms with E-state index < -0.39 is 5.82 Å². The predicted octanol–water partition coefficient (Wildman–Crippen LogP) is 2.17. The van der Waals surface area contributed by atoms with Gasteiger partial charge in [0.05, 0.1) is 13.0 Å². The lowest BCUT2D eigenvalue weighted by Gasteiger charge is -2.26. The minimum absolute atomic E-state index is 0.0151. The fourth-order valence-corrected chi connectivity index (χ4v) is 1.89. The molecule has 0 saturated heterocycles. The van der Waals surface area contributed by atoms with E-state index in [1.807, 2.05) is 20.8 Å². The molecule has 0 radical (unpaired) electrons. The van der Waals surface area contributed by atoms with E-state index in [-0.39, 0.29) is 23.6 Å². The van der Waals surface area contributed by atoms with Crippen molar-refractivity contribution in [3.05, 3.63) is 29.6 Å². The second-order valence-electron chi connectivity index (χ2n) is 4.97. The van der Waals surface area contributed by atoms with Gasteiger partial charge in [-0.2, -0.15) is 0 Å². The Morgan fingerprint density at radius 3 is 2.55 bits per heavy atom. The van der Waals surface area contributed by atoms with E-state index in [2.05, 4.69) is 0 Å². The zero-order valence-electron chi connectivity index (χ0n) is 12.5. The smallest absolute Gasteiger partial charge is 0.227 e. The van der Waals surface area contributed by atoms with Crippen LogP contribution >= 0.6 is 0 Å². The highest BCUT2D eigenvalue weighted by molar-refractivity contribution is 5.79. The largest absolute Gasteiger partial charge is 0.494 e. The van der Waals surface area contributed by atoms with E-state index in [4.69, 9.17) is 10.5 Å². The van der Waals surface area contributed by atoms with Crippen LogP contribution in [0, 0.1) is 11.7 Å². The van der Waals surface area contributed by atoms with Crippen molar-refractivity contribution < 1.29 is 13.9 Å². The highest BCUT2D eigenvalue weighted by atomic mass is 19.1. The van der Waals surface area contributed by atoms with Crippen molar-refractivity contribution in [2.45, 2.75) is 33.4 Å². The van der Waals surface area contributed by atoms with Crippen LogP contribution in [0.4, 0.5) is 4.39 Å². The molecule has 20 heavy (non-hydrogen) atoms. The van der Waals surface area contributed by atoms with Gasteiger partial charge in [-0.25, -0.2) is 4.39 Å². The summed E-state index contributed by atoms with van der Waals surface area (Å²) in [6.45, 7) is 6.44. The van der Waals surface area contributed by atoms with Crippen molar-refractivity contribution in [1.29, 1.82) is 0 Å². The van der Waals surface area contributed by atoms with Crippen LogP contribution in [0.15, 0.2) is 18.2 Å². The number of benzene rings is 1. The first-order valence-corrected chi connectivity index (χ1v) is 6.77. The zero-order valence-corrected chi connectivity index (χ0v) is 12.5. The molecule has 112 valence electrons. The summed E-state index contributed by atoms with van der Waals surface area (Å²) >= 11 is 0. The van der Waals surface area contributed by atoms with Crippen molar-refractivity contribution in [3.8, 4) is 5.75 Å². The maximum absolute atomic E-state index is 13.6. The van der Waals surface area contributed by atoms with Gasteiger partial charge in [0.1, 0.15) is 0 Å². The average Bonchev–Trinajstić information content (AvgIpc) is 2.43. The monoisotopic (exact) mass is 282 g/mol. The van der Waals surface area contributed by atoms with Crippen LogP contribution in [0.25, 0.3) is 0 Å². The second-order valence-corrected chi connectivity index (χ2v) is 4.97. The normalized spacial score (nSPS) is 13.7. The van der Waals surface area contributed by atoms with E-state index in [1.165, 1.54) is 13.2 Å². The number of halogens is 1. The van der Waals surface area contributed by atoms with E-state index in [0.29, 0.717) is 13.1 Å². The van der Waals surface area contributed by atoms with Crippen molar-refractivity contribution in [2.24, 2.45) is 11.7 Å². The Kier molecular flexibility index (Phi) is 5.95. The van der Waals surface area contributed by atoms with E-state index >= 15 is 0 Å². The topological polar surface area (TPSA) is 55.6 Å². The molecule has 0 saturated carbocycles. The average molecular weight is 282 g/mol. The molecule has 0 aliphatic heterocycles. The minimum atomic E-state index is -0.422. The van der Waals surface area contributed by atoms with Crippen molar-refractivity contribution >= 4 is 5.91 Å². The molecular formula is C15H23FN2O2. The van der Waals surface area contributed by atoms with Gasteiger partial charge < -0.3 is 15.4 Å². The lowest BCUT2D eigenvalue weighted by atomic mass is 10.0. The molecule has 0 fully saturated rings. The Labute approximate surface area is 119 Å². The summed E-state index contributed by atoms with van der Waals surface area (Å²) in [6, 6.07) is 4.52. The summed E-state index contributed by atoms with van der Waals surface area (Å²) in [4.78, 5) is 13.9. The highest BCUT2D eigenvalue weighted by Gasteiger charge is 2.22. The highest BCUT2D eigenvalue weighted by Crippen LogP contribution is 2.19. The molecule has 4 nitrogen and oxygen atoms in total. The first-order valence-electron chi connectivity index (χ1n) is 6.77. The molecule has 5 heteroatoms. The molecule has 1 aromatic rings. The molecule has 0 aliphatic carbocycles. The third-order valence-corrected chi connectivity index (χ3v) is 3.46. The molecule has 0 bridgehead atoms. The molecule has 0 heterocycles. The summed E-state index contributed by atoms with van der Waals surface area (Å²) in [5.74, 6) is -0.488. The first-order chi connectivity index (χ1) is 9.40. The number of nitrogens with zero attached hydrogens (tertiary/aromatic N) is 1. The quantitative estimate of drug-likeness (QED) is 0.870. The van der Waals surface area contributed by atoms with Crippen LogP contribution in [-0.2, 0) is 11.3 Å². The molecule has 0 aliphatic rings. The Morgan fingerprint density at radius 1 is 1.45 bits per heavy atom. The van der Waals surface area contributed by atoms with Gasteiger partial charge in [-0.3, -0.25) is 4.79 Å². The summed E-state index contributed by atoms with van der Waals surface area (Å²) < 4.78 is 18.5. The molecule has 1 rings (SSSR count). The van der Waals surface area contributed by atoms with E-state index in [0.717, 1.165) is 5.56 Å². The Hall–Kier alpha value is -1.62. The van der Waals surface area contributed by atoms with Crippen LogP contribution in [0.3, 0.4) is 0 Å². The SMILES string of the molecule is CCN(Cc1ccc(OC)c(F)c1)C(=O)C(C)C(C)N. The fraction of sp³-hybridized carbons (Fsp3) is 0.533. The van der Waals surface area contributed by atoms with Gasteiger partial charge >= 0.3 is 0 Å².